The number of ether oxygens (including phenoxy) is 3. The van der Waals surface area contributed by atoms with Gasteiger partial charge in [-0.1, -0.05) is 31.0 Å². The van der Waals surface area contributed by atoms with Crippen LogP contribution in [0.2, 0.25) is 5.02 Å². The SMILES string of the molecule is C[C@H]([C@@H](C)CCC[C@H](C1OCCCO1)[C@@H]1CC[C@H]1CN1C[C@@]2(CCCc3cc(Cl)ccc32)COc2ccc(C(N)=O)cc21)S(=O)O. The van der Waals surface area contributed by atoms with Crippen LogP contribution in [0.5, 0.6) is 5.75 Å². The molecule has 4 aliphatic rings. The maximum Gasteiger partial charge on any atom is 0.248 e. The van der Waals surface area contributed by atoms with E-state index in [4.69, 9.17) is 31.5 Å². The van der Waals surface area contributed by atoms with Gasteiger partial charge in [0.2, 0.25) is 5.91 Å². The maximum atomic E-state index is 12.3. The third kappa shape index (κ3) is 7.14. The van der Waals surface area contributed by atoms with Gasteiger partial charge >= 0.3 is 0 Å². The highest BCUT2D eigenvalue weighted by Gasteiger charge is 2.46. The van der Waals surface area contributed by atoms with Crippen LogP contribution in [0.4, 0.5) is 5.69 Å². The monoisotopic (exact) mass is 672 g/mol. The molecule has 1 unspecified atom stereocenters. The Bertz CT molecular complexity index is 1420. The van der Waals surface area contributed by atoms with Gasteiger partial charge in [0, 0.05) is 35.0 Å². The van der Waals surface area contributed by atoms with Gasteiger partial charge in [0.25, 0.3) is 0 Å². The van der Waals surface area contributed by atoms with Gasteiger partial charge < -0.3 is 29.4 Å². The molecule has 2 aromatic rings. The zero-order valence-electron chi connectivity index (χ0n) is 27.1. The summed E-state index contributed by atoms with van der Waals surface area (Å²) >= 11 is 4.63. The number of benzene rings is 2. The van der Waals surface area contributed by atoms with Gasteiger partial charge in [0.15, 0.2) is 17.4 Å². The van der Waals surface area contributed by atoms with E-state index in [9.17, 15) is 13.6 Å². The molecular formula is C36H49ClN2O6S. The van der Waals surface area contributed by atoms with Crippen LogP contribution in [0.25, 0.3) is 0 Å². The van der Waals surface area contributed by atoms with Gasteiger partial charge in [-0.3, -0.25) is 4.79 Å². The number of primary amides is 1. The molecule has 1 saturated heterocycles. The Morgan fingerprint density at radius 3 is 2.65 bits per heavy atom. The molecule has 2 aromatic carbocycles. The first-order valence-electron chi connectivity index (χ1n) is 17.1. The molecule has 2 aliphatic heterocycles. The fourth-order valence-electron chi connectivity index (χ4n) is 8.35. The Hall–Kier alpha value is -2.17. The van der Waals surface area contributed by atoms with Crippen molar-refractivity contribution in [1.82, 2.24) is 0 Å². The Balaban J connectivity index is 1.27. The summed E-state index contributed by atoms with van der Waals surface area (Å²) in [6.07, 6.45) is 8.85. The topological polar surface area (TPSA) is 111 Å². The molecule has 8 nitrogen and oxygen atoms in total. The third-order valence-electron chi connectivity index (χ3n) is 11.3. The number of amides is 1. The van der Waals surface area contributed by atoms with Gasteiger partial charge in [-0.05, 0) is 118 Å². The van der Waals surface area contributed by atoms with Gasteiger partial charge in [-0.2, -0.15) is 0 Å². The maximum absolute atomic E-state index is 12.3. The average Bonchev–Trinajstić information content (AvgIpc) is 3.19. The highest BCUT2D eigenvalue weighted by atomic mass is 35.5. The van der Waals surface area contributed by atoms with Crippen molar-refractivity contribution in [2.45, 2.75) is 88.6 Å². The van der Waals surface area contributed by atoms with Gasteiger partial charge in [-0.15, -0.1) is 0 Å². The van der Waals surface area contributed by atoms with Gasteiger partial charge in [0.05, 0.1) is 30.8 Å². The van der Waals surface area contributed by atoms with Crippen LogP contribution < -0.4 is 15.4 Å². The zero-order chi connectivity index (χ0) is 32.4. The Kier molecular flexibility index (Phi) is 10.6. The highest BCUT2D eigenvalue weighted by molar-refractivity contribution is 7.79. The Morgan fingerprint density at radius 2 is 1.93 bits per heavy atom. The molecule has 2 aliphatic carbocycles. The molecule has 0 radical (unpaired) electrons. The molecule has 1 saturated carbocycles. The molecule has 1 amide bonds. The van der Waals surface area contributed by atoms with Crippen molar-refractivity contribution in [3.05, 3.63) is 58.1 Å². The second-order valence-electron chi connectivity index (χ2n) is 14.2. The molecule has 3 N–H and O–H groups in total. The summed E-state index contributed by atoms with van der Waals surface area (Å²) in [5.41, 5.74) is 9.60. The number of rotatable bonds is 11. The van der Waals surface area contributed by atoms with E-state index >= 15 is 0 Å². The number of hydrogen-bond acceptors (Lipinski definition) is 6. The summed E-state index contributed by atoms with van der Waals surface area (Å²) in [5, 5.41) is 0.515. The molecule has 1 spiro atoms. The summed E-state index contributed by atoms with van der Waals surface area (Å²) in [5.74, 6) is 1.62. The lowest BCUT2D eigenvalue weighted by Gasteiger charge is -2.48. The molecule has 252 valence electrons. The first kappa shape index (κ1) is 33.7. The van der Waals surface area contributed by atoms with Crippen molar-refractivity contribution in [1.29, 1.82) is 0 Å². The minimum atomic E-state index is -1.81. The molecule has 2 heterocycles. The van der Waals surface area contributed by atoms with E-state index in [1.54, 1.807) is 6.07 Å². The van der Waals surface area contributed by atoms with Crippen LogP contribution in [0.3, 0.4) is 0 Å². The molecule has 46 heavy (non-hydrogen) atoms. The predicted octanol–water partition coefficient (Wildman–Crippen LogP) is 6.73. The van der Waals surface area contributed by atoms with E-state index in [0.717, 1.165) is 87.3 Å². The van der Waals surface area contributed by atoms with Crippen LogP contribution in [0.15, 0.2) is 36.4 Å². The third-order valence-corrected chi connectivity index (χ3v) is 12.7. The van der Waals surface area contributed by atoms with E-state index in [-0.39, 0.29) is 28.8 Å². The van der Waals surface area contributed by atoms with E-state index in [1.807, 2.05) is 25.1 Å². The minimum absolute atomic E-state index is 0.161. The number of aryl methyl sites for hydroxylation is 1. The lowest BCUT2D eigenvalue weighted by atomic mass is 9.64. The van der Waals surface area contributed by atoms with Crippen LogP contribution in [0, 0.1) is 23.7 Å². The summed E-state index contributed by atoms with van der Waals surface area (Å²) < 4.78 is 40.3. The molecule has 7 atom stereocenters. The smallest absolute Gasteiger partial charge is 0.248 e. The Labute approximate surface area is 281 Å². The summed E-state index contributed by atoms with van der Waals surface area (Å²) in [6.45, 7) is 7.55. The van der Waals surface area contributed by atoms with Crippen molar-refractivity contribution in [2.75, 3.05) is 37.8 Å². The fraction of sp³-hybridized carbons (Fsp3) is 0.639. The lowest BCUT2D eigenvalue weighted by molar-refractivity contribution is -0.224. The number of halogens is 1. The van der Waals surface area contributed by atoms with Crippen molar-refractivity contribution in [2.24, 2.45) is 29.4 Å². The second-order valence-corrected chi connectivity index (χ2v) is 15.9. The quantitative estimate of drug-likeness (QED) is 0.255. The summed E-state index contributed by atoms with van der Waals surface area (Å²) in [7, 11) is 0. The van der Waals surface area contributed by atoms with Gasteiger partial charge in [-0.25, -0.2) is 4.21 Å². The number of anilines is 1. The number of carbonyl (C=O) groups is 1. The zero-order valence-corrected chi connectivity index (χ0v) is 28.7. The molecule has 0 aromatic heterocycles. The molecule has 10 heteroatoms. The standard InChI is InChI=1S/C36H49ClN2O6S/c1-23(24(2)46(41)42)6-3-8-30(35-43-16-5-17-44-35)29-12-9-27(29)20-39-21-36(15-4-7-25-18-28(37)11-13-31(25)36)22-45-33-14-10-26(34(38)40)19-32(33)39/h10-11,13-14,18-19,23-24,27,29-30,35H,3-9,12,15-17,20-22H2,1-2H3,(H2,38,40)(H,41,42)/t23-,24+,27-,29+,30-,36-/m0/s1. The van der Waals surface area contributed by atoms with E-state index in [2.05, 4.69) is 24.0 Å². The van der Waals surface area contributed by atoms with Crippen LogP contribution in [-0.2, 0) is 32.4 Å². The van der Waals surface area contributed by atoms with Crippen molar-refractivity contribution in [3.8, 4) is 5.75 Å². The number of nitrogens with zero attached hydrogens (tertiary/aromatic N) is 1. The van der Waals surface area contributed by atoms with Crippen molar-refractivity contribution >= 4 is 34.3 Å². The average molecular weight is 673 g/mol. The van der Waals surface area contributed by atoms with Gasteiger partial charge in [0.1, 0.15) is 5.75 Å². The fourth-order valence-corrected chi connectivity index (χ4v) is 9.08. The van der Waals surface area contributed by atoms with Crippen molar-refractivity contribution in [3.63, 3.8) is 0 Å². The minimum Gasteiger partial charge on any atom is -0.490 e. The highest BCUT2D eigenvalue weighted by Crippen LogP contribution is 2.49. The normalized spacial score (nSPS) is 27.3. The largest absolute Gasteiger partial charge is 0.490 e. The molecule has 2 fully saturated rings. The van der Waals surface area contributed by atoms with Crippen molar-refractivity contribution < 1.29 is 27.8 Å². The van der Waals surface area contributed by atoms with E-state index in [0.29, 0.717) is 37.2 Å². The van der Waals surface area contributed by atoms with Crippen LogP contribution >= 0.6 is 11.6 Å². The molecule has 0 bridgehead atoms. The number of fused-ring (bicyclic) bond motifs is 3. The summed E-state index contributed by atoms with van der Waals surface area (Å²) in [6, 6.07) is 11.9. The summed E-state index contributed by atoms with van der Waals surface area (Å²) in [4.78, 5) is 14.8. The molecule has 6 rings (SSSR count). The Morgan fingerprint density at radius 1 is 1.13 bits per heavy atom. The lowest BCUT2D eigenvalue weighted by Crippen LogP contribution is -2.50. The predicted molar refractivity (Wildman–Crippen MR) is 182 cm³/mol. The molecular weight excluding hydrogens is 624 g/mol. The number of hydrogen-bond donors (Lipinski definition) is 2. The first-order valence-corrected chi connectivity index (χ1v) is 18.6. The van der Waals surface area contributed by atoms with E-state index < -0.39 is 17.0 Å². The van der Waals surface area contributed by atoms with Crippen LogP contribution in [-0.4, -0.2) is 59.1 Å². The van der Waals surface area contributed by atoms with E-state index in [1.165, 1.54) is 11.1 Å². The number of carbonyl (C=O) groups excluding carboxylic acids is 1. The first-order chi connectivity index (χ1) is 22.1. The number of nitrogens with two attached hydrogens (primary N) is 1. The van der Waals surface area contributed by atoms with Crippen LogP contribution in [0.1, 0.15) is 86.7 Å². The second kappa shape index (κ2) is 14.5.